The summed E-state index contributed by atoms with van der Waals surface area (Å²) < 4.78 is 15.4. The highest BCUT2D eigenvalue weighted by atomic mass is 35.5. The summed E-state index contributed by atoms with van der Waals surface area (Å²) in [6, 6.07) is 6.27. The molecule has 5 rings (SSSR count). The van der Waals surface area contributed by atoms with E-state index < -0.39 is 11.7 Å². The van der Waals surface area contributed by atoms with Crippen LogP contribution in [0.2, 0.25) is 5.02 Å². The summed E-state index contributed by atoms with van der Waals surface area (Å²) in [7, 11) is 0. The average molecular weight is 427 g/mol. The first kappa shape index (κ1) is 18.6. The predicted octanol–water partition coefficient (Wildman–Crippen LogP) is 3.27. The summed E-state index contributed by atoms with van der Waals surface area (Å²) >= 11 is 5.95. The second-order valence-electron chi connectivity index (χ2n) is 7.29. The van der Waals surface area contributed by atoms with Crippen molar-refractivity contribution in [3.05, 3.63) is 52.4 Å². The summed E-state index contributed by atoms with van der Waals surface area (Å²) in [5.74, 6) is -0.0471. The maximum atomic E-state index is 13.7. The van der Waals surface area contributed by atoms with E-state index in [1.54, 1.807) is 28.9 Å². The van der Waals surface area contributed by atoms with E-state index in [2.05, 4.69) is 26.0 Å². The predicted molar refractivity (Wildman–Crippen MR) is 110 cm³/mol. The summed E-state index contributed by atoms with van der Waals surface area (Å²) in [6.07, 6.45) is 5.34. The zero-order chi connectivity index (χ0) is 20.8. The highest BCUT2D eigenvalue weighted by molar-refractivity contribution is 6.30. The molecule has 2 amide bonds. The van der Waals surface area contributed by atoms with Gasteiger partial charge in [-0.3, -0.25) is 14.9 Å². The molecule has 0 radical (unpaired) electrons. The number of benzene rings is 1. The lowest BCUT2D eigenvalue weighted by Crippen LogP contribution is -2.19. The molecule has 2 aliphatic rings. The van der Waals surface area contributed by atoms with Crippen LogP contribution in [0.5, 0.6) is 0 Å². The first-order valence-electron chi connectivity index (χ1n) is 9.38. The highest BCUT2D eigenvalue weighted by Crippen LogP contribution is 2.29. The Hall–Kier alpha value is -3.46. The number of amides is 2. The monoisotopic (exact) mass is 426 g/mol. The fourth-order valence-corrected chi connectivity index (χ4v) is 3.49. The molecule has 1 aliphatic carbocycles. The minimum absolute atomic E-state index is 0.0170. The molecular formula is C20H16ClFN6O2. The van der Waals surface area contributed by atoms with Crippen molar-refractivity contribution in [1.29, 1.82) is 0 Å². The van der Waals surface area contributed by atoms with Gasteiger partial charge in [0.05, 0.1) is 12.6 Å². The third-order valence-electron chi connectivity index (χ3n) is 4.79. The minimum Gasteiger partial charge on any atom is -0.367 e. The second-order valence-corrected chi connectivity index (χ2v) is 7.72. The van der Waals surface area contributed by atoms with E-state index in [-0.39, 0.29) is 17.4 Å². The van der Waals surface area contributed by atoms with E-state index in [4.69, 9.17) is 11.6 Å². The molecule has 3 heterocycles. The van der Waals surface area contributed by atoms with Gasteiger partial charge in [-0.2, -0.15) is 9.61 Å². The summed E-state index contributed by atoms with van der Waals surface area (Å²) in [6.45, 7) is 0. The largest absolute Gasteiger partial charge is 0.367 e. The lowest BCUT2D eigenvalue weighted by atomic mass is 10.1. The van der Waals surface area contributed by atoms with E-state index in [0.717, 1.165) is 12.8 Å². The molecule has 3 aromatic rings. The van der Waals surface area contributed by atoms with Crippen molar-refractivity contribution >= 4 is 52.5 Å². The number of hydrogen-bond donors (Lipinski definition) is 3. The van der Waals surface area contributed by atoms with Gasteiger partial charge in [0.1, 0.15) is 17.5 Å². The van der Waals surface area contributed by atoms with E-state index in [0.29, 0.717) is 40.1 Å². The molecule has 0 bridgehead atoms. The number of hydrogen-bond acceptors (Lipinski definition) is 6. The molecule has 2 aromatic heterocycles. The third kappa shape index (κ3) is 3.71. The van der Waals surface area contributed by atoms with Crippen molar-refractivity contribution < 1.29 is 14.0 Å². The number of nitrogens with zero attached hydrogens (tertiary/aromatic N) is 3. The number of imide groups is 1. The van der Waals surface area contributed by atoms with Gasteiger partial charge in [0.15, 0.2) is 5.65 Å². The molecule has 1 aliphatic heterocycles. The molecule has 2 fully saturated rings. The normalized spacial score (nSPS) is 17.6. The number of rotatable bonds is 5. The Labute approximate surface area is 175 Å². The molecule has 0 spiro atoms. The van der Waals surface area contributed by atoms with Crippen LogP contribution in [0.15, 0.2) is 36.0 Å². The van der Waals surface area contributed by atoms with Crippen LogP contribution in [-0.2, 0) is 9.59 Å². The van der Waals surface area contributed by atoms with Crippen molar-refractivity contribution in [3.63, 3.8) is 0 Å². The summed E-state index contributed by atoms with van der Waals surface area (Å²) in [5.41, 5.74) is 1.89. The lowest BCUT2D eigenvalue weighted by molar-refractivity contribution is -0.124. The van der Waals surface area contributed by atoms with Gasteiger partial charge in [0.2, 0.25) is 5.91 Å². The maximum absolute atomic E-state index is 13.7. The van der Waals surface area contributed by atoms with Crippen molar-refractivity contribution in [2.45, 2.75) is 25.3 Å². The van der Waals surface area contributed by atoms with Gasteiger partial charge in [-0.1, -0.05) is 11.6 Å². The Balaban J connectivity index is 1.58. The van der Waals surface area contributed by atoms with Gasteiger partial charge < -0.3 is 10.6 Å². The molecule has 10 heteroatoms. The van der Waals surface area contributed by atoms with E-state index in [9.17, 15) is 14.0 Å². The Morgan fingerprint density at radius 1 is 1.23 bits per heavy atom. The van der Waals surface area contributed by atoms with Crippen LogP contribution in [0.25, 0.3) is 11.7 Å². The van der Waals surface area contributed by atoms with Crippen LogP contribution < -0.4 is 16.0 Å². The molecule has 8 nitrogen and oxygen atoms in total. The van der Waals surface area contributed by atoms with Gasteiger partial charge in [0.25, 0.3) is 5.91 Å². The number of aromatic nitrogens is 3. The fraction of sp³-hybridized carbons (Fsp3) is 0.200. The third-order valence-corrected chi connectivity index (χ3v) is 5.01. The molecule has 3 N–H and O–H groups in total. The van der Waals surface area contributed by atoms with Crippen molar-refractivity contribution in [3.8, 4) is 0 Å². The van der Waals surface area contributed by atoms with Gasteiger partial charge in [-0.05, 0) is 37.1 Å². The average Bonchev–Trinajstić information content (AvgIpc) is 3.30. The van der Waals surface area contributed by atoms with E-state index in [1.165, 1.54) is 12.1 Å². The fourth-order valence-electron chi connectivity index (χ4n) is 3.27. The van der Waals surface area contributed by atoms with E-state index >= 15 is 0 Å². The standard InChI is InChI=1S/C20H16ClFN6O2/c21-12-5-13(22)7-15(6-12)24-16-8-17(25-14-1-2-14)28-19(26-16)11(9-23-28)3-10-4-18(29)27-20(10)30/h3,5-9,14,25H,1-2,4H2,(H,24,26)(H,27,29,30). The topological polar surface area (TPSA) is 100 Å². The molecule has 30 heavy (non-hydrogen) atoms. The van der Waals surface area contributed by atoms with Gasteiger partial charge in [-0.15, -0.1) is 0 Å². The Morgan fingerprint density at radius 2 is 2.07 bits per heavy atom. The first-order valence-corrected chi connectivity index (χ1v) is 9.75. The number of fused-ring (bicyclic) bond motifs is 1. The van der Waals surface area contributed by atoms with Gasteiger partial charge >= 0.3 is 0 Å². The van der Waals surface area contributed by atoms with E-state index in [1.807, 2.05) is 0 Å². The number of halogens is 2. The number of carbonyl (C=O) groups is 2. The molecular weight excluding hydrogens is 411 g/mol. The quantitative estimate of drug-likeness (QED) is 0.427. The second kappa shape index (κ2) is 7.10. The number of anilines is 3. The molecule has 0 atom stereocenters. The molecule has 1 saturated heterocycles. The van der Waals surface area contributed by atoms with Crippen LogP contribution in [0.4, 0.5) is 21.7 Å². The Kier molecular flexibility index (Phi) is 4.39. The highest BCUT2D eigenvalue weighted by Gasteiger charge is 2.25. The van der Waals surface area contributed by atoms with Gasteiger partial charge in [-0.25, -0.2) is 9.37 Å². The number of nitrogens with one attached hydrogen (secondary N) is 3. The molecule has 0 unspecified atom stereocenters. The minimum atomic E-state index is -0.464. The Bertz CT molecular complexity index is 1210. The molecule has 1 saturated carbocycles. The van der Waals surface area contributed by atoms with Crippen LogP contribution in [-0.4, -0.2) is 32.5 Å². The summed E-state index contributed by atoms with van der Waals surface area (Å²) in [5, 5.41) is 13.4. The molecule has 152 valence electrons. The van der Waals surface area contributed by atoms with Crippen LogP contribution >= 0.6 is 11.6 Å². The molecule has 1 aromatic carbocycles. The van der Waals surface area contributed by atoms with Crippen molar-refractivity contribution in [2.75, 3.05) is 10.6 Å². The van der Waals surface area contributed by atoms with Crippen LogP contribution in [0.3, 0.4) is 0 Å². The SMILES string of the molecule is O=C1CC(=Cc2cnn3c(NC4CC4)cc(Nc4cc(F)cc(Cl)c4)nc23)C(=O)N1. The van der Waals surface area contributed by atoms with Crippen molar-refractivity contribution in [1.82, 2.24) is 19.9 Å². The van der Waals surface area contributed by atoms with Crippen LogP contribution in [0, 0.1) is 5.82 Å². The first-order chi connectivity index (χ1) is 14.4. The van der Waals surface area contributed by atoms with Crippen molar-refractivity contribution in [2.24, 2.45) is 0 Å². The lowest BCUT2D eigenvalue weighted by Gasteiger charge is -2.12. The number of carbonyl (C=O) groups excluding carboxylic acids is 2. The smallest absolute Gasteiger partial charge is 0.254 e. The zero-order valence-electron chi connectivity index (χ0n) is 15.6. The zero-order valence-corrected chi connectivity index (χ0v) is 16.3. The maximum Gasteiger partial charge on any atom is 0.254 e. The Morgan fingerprint density at radius 3 is 2.77 bits per heavy atom. The van der Waals surface area contributed by atoms with Gasteiger partial charge in [0, 0.05) is 34.0 Å². The summed E-state index contributed by atoms with van der Waals surface area (Å²) in [4.78, 5) is 28.0. The van der Waals surface area contributed by atoms with Crippen LogP contribution in [0.1, 0.15) is 24.8 Å².